The summed E-state index contributed by atoms with van der Waals surface area (Å²) in [5.74, 6) is 0.437. The minimum atomic E-state index is -0.170. The number of β-amino-alcohol motifs (C(OH)–C–C–N with tert-alkyl or cyclic N) is 1. The molecular formula is C12H20N2O. The largest absolute Gasteiger partial charge is 0.392 e. The summed E-state index contributed by atoms with van der Waals surface area (Å²) in [6, 6.07) is 2.29. The van der Waals surface area contributed by atoms with E-state index in [1.54, 1.807) is 0 Å². The Balaban J connectivity index is 1.83. The smallest absolute Gasteiger partial charge is 0.0693 e. The third kappa shape index (κ3) is 2.50. The fraction of sp³-hybridized carbons (Fsp3) is 0.917. The van der Waals surface area contributed by atoms with Crippen molar-refractivity contribution in [2.24, 2.45) is 11.3 Å². The molecular weight excluding hydrogens is 188 g/mol. The monoisotopic (exact) mass is 208 g/mol. The van der Waals surface area contributed by atoms with E-state index in [1.807, 2.05) is 0 Å². The predicted molar refractivity (Wildman–Crippen MR) is 58.1 cm³/mol. The first-order chi connectivity index (χ1) is 7.15. The molecule has 3 nitrogen and oxygen atoms in total. The van der Waals surface area contributed by atoms with Crippen LogP contribution in [-0.2, 0) is 0 Å². The molecule has 1 aliphatic carbocycles. The number of hydrogen-bond donors (Lipinski definition) is 1. The first-order valence-electron chi connectivity index (χ1n) is 5.93. The minimum Gasteiger partial charge on any atom is -0.392 e. The Bertz CT molecular complexity index is 267. The predicted octanol–water partition coefficient (Wildman–Crippen LogP) is 1.38. The zero-order chi connectivity index (χ0) is 10.9. The normalized spacial score (nSPS) is 34.7. The van der Waals surface area contributed by atoms with Crippen molar-refractivity contribution in [2.75, 3.05) is 19.6 Å². The van der Waals surface area contributed by atoms with E-state index >= 15 is 0 Å². The van der Waals surface area contributed by atoms with Crippen LogP contribution in [0, 0.1) is 22.7 Å². The molecule has 1 saturated carbocycles. The Morgan fingerprint density at radius 3 is 2.80 bits per heavy atom. The van der Waals surface area contributed by atoms with Gasteiger partial charge in [0.1, 0.15) is 0 Å². The van der Waals surface area contributed by atoms with Crippen LogP contribution in [0.25, 0.3) is 0 Å². The zero-order valence-corrected chi connectivity index (χ0v) is 9.45. The lowest BCUT2D eigenvalue weighted by Crippen LogP contribution is -2.45. The second kappa shape index (κ2) is 4.11. The summed E-state index contributed by atoms with van der Waals surface area (Å²) in [6.45, 7) is 5.02. The van der Waals surface area contributed by atoms with Gasteiger partial charge in [0.25, 0.3) is 0 Å². The lowest BCUT2D eigenvalue weighted by atomic mass is 9.94. The van der Waals surface area contributed by atoms with Gasteiger partial charge in [0.2, 0.25) is 0 Å². The van der Waals surface area contributed by atoms with E-state index in [4.69, 9.17) is 5.26 Å². The van der Waals surface area contributed by atoms with Crippen LogP contribution >= 0.6 is 0 Å². The second-order valence-electron chi connectivity index (χ2n) is 5.40. The molecule has 15 heavy (non-hydrogen) atoms. The van der Waals surface area contributed by atoms with Crippen molar-refractivity contribution in [3.8, 4) is 6.07 Å². The fourth-order valence-electron chi connectivity index (χ4n) is 2.47. The molecule has 2 aliphatic rings. The van der Waals surface area contributed by atoms with E-state index < -0.39 is 0 Å². The van der Waals surface area contributed by atoms with Crippen LogP contribution < -0.4 is 0 Å². The maximum atomic E-state index is 9.79. The fourth-order valence-corrected chi connectivity index (χ4v) is 2.47. The van der Waals surface area contributed by atoms with E-state index in [0.29, 0.717) is 12.3 Å². The molecule has 1 heterocycles. The molecule has 0 spiro atoms. The lowest BCUT2D eigenvalue weighted by Gasteiger charge is -2.36. The molecule has 1 aliphatic heterocycles. The number of likely N-dealkylation sites (tertiary alicyclic amines) is 1. The van der Waals surface area contributed by atoms with Gasteiger partial charge in [0.05, 0.1) is 12.2 Å². The molecule has 2 fully saturated rings. The first kappa shape index (κ1) is 10.9. The summed E-state index contributed by atoms with van der Waals surface area (Å²) < 4.78 is 0. The number of piperidine rings is 1. The molecule has 0 aromatic carbocycles. The minimum absolute atomic E-state index is 0.170. The van der Waals surface area contributed by atoms with Gasteiger partial charge < -0.3 is 10.0 Å². The second-order valence-corrected chi connectivity index (χ2v) is 5.40. The van der Waals surface area contributed by atoms with Gasteiger partial charge in [0.15, 0.2) is 0 Å². The van der Waals surface area contributed by atoms with Gasteiger partial charge in [-0.1, -0.05) is 6.92 Å². The molecule has 0 radical (unpaired) electrons. The van der Waals surface area contributed by atoms with Crippen molar-refractivity contribution in [3.63, 3.8) is 0 Å². The Labute approximate surface area is 91.7 Å². The Morgan fingerprint density at radius 2 is 2.27 bits per heavy atom. The molecule has 0 aromatic heterocycles. The van der Waals surface area contributed by atoms with Crippen LogP contribution in [0.15, 0.2) is 0 Å². The van der Waals surface area contributed by atoms with Crippen LogP contribution in [0.2, 0.25) is 0 Å². The standard InChI is InChI=1S/C12H20N2O/c1-10-2-7-14(8-11(10)15)9-12(3-4-12)5-6-13/h10-11,15H,2-5,7-9H2,1H3. The highest BCUT2D eigenvalue weighted by atomic mass is 16.3. The first-order valence-corrected chi connectivity index (χ1v) is 5.93. The van der Waals surface area contributed by atoms with E-state index in [-0.39, 0.29) is 11.5 Å². The van der Waals surface area contributed by atoms with Crippen molar-refractivity contribution in [3.05, 3.63) is 0 Å². The summed E-state index contributed by atoms with van der Waals surface area (Å²) in [7, 11) is 0. The molecule has 2 rings (SSSR count). The van der Waals surface area contributed by atoms with Crippen molar-refractivity contribution in [2.45, 2.75) is 38.7 Å². The highest BCUT2D eigenvalue weighted by Crippen LogP contribution is 2.49. The summed E-state index contributed by atoms with van der Waals surface area (Å²) in [5.41, 5.74) is 0.287. The van der Waals surface area contributed by atoms with Crippen LogP contribution in [0.4, 0.5) is 0 Å². The lowest BCUT2D eigenvalue weighted by molar-refractivity contribution is 0.0211. The maximum Gasteiger partial charge on any atom is 0.0693 e. The van der Waals surface area contributed by atoms with E-state index in [0.717, 1.165) is 26.1 Å². The van der Waals surface area contributed by atoms with Crippen molar-refractivity contribution < 1.29 is 5.11 Å². The summed E-state index contributed by atoms with van der Waals surface area (Å²) in [4.78, 5) is 2.34. The molecule has 0 amide bonds. The summed E-state index contributed by atoms with van der Waals surface area (Å²) >= 11 is 0. The zero-order valence-electron chi connectivity index (χ0n) is 9.45. The Morgan fingerprint density at radius 1 is 1.53 bits per heavy atom. The van der Waals surface area contributed by atoms with E-state index in [1.165, 1.54) is 12.8 Å². The van der Waals surface area contributed by atoms with Gasteiger partial charge in [-0.25, -0.2) is 0 Å². The topological polar surface area (TPSA) is 47.3 Å². The van der Waals surface area contributed by atoms with Gasteiger partial charge in [-0.15, -0.1) is 0 Å². The number of nitriles is 1. The highest BCUT2D eigenvalue weighted by molar-refractivity contribution is 5.01. The third-order valence-electron chi connectivity index (χ3n) is 3.97. The molecule has 2 atom stereocenters. The van der Waals surface area contributed by atoms with Crippen LogP contribution in [-0.4, -0.2) is 35.7 Å². The van der Waals surface area contributed by atoms with Gasteiger partial charge in [-0.05, 0) is 37.1 Å². The quantitative estimate of drug-likeness (QED) is 0.762. The van der Waals surface area contributed by atoms with Crippen molar-refractivity contribution >= 4 is 0 Å². The number of rotatable bonds is 3. The van der Waals surface area contributed by atoms with Gasteiger partial charge in [0, 0.05) is 19.5 Å². The average Bonchev–Trinajstić information content (AvgIpc) is 2.92. The summed E-state index contributed by atoms with van der Waals surface area (Å²) in [6.07, 6.45) is 4.00. The summed E-state index contributed by atoms with van der Waals surface area (Å²) in [5, 5.41) is 18.5. The third-order valence-corrected chi connectivity index (χ3v) is 3.97. The molecule has 84 valence electrons. The Hall–Kier alpha value is -0.590. The highest BCUT2D eigenvalue weighted by Gasteiger charge is 2.44. The number of hydrogen-bond acceptors (Lipinski definition) is 3. The van der Waals surface area contributed by atoms with Crippen LogP contribution in [0.5, 0.6) is 0 Å². The number of aliphatic hydroxyl groups excluding tert-OH is 1. The Kier molecular flexibility index (Phi) is 2.99. The van der Waals surface area contributed by atoms with E-state index in [2.05, 4.69) is 17.9 Å². The molecule has 0 aromatic rings. The molecule has 3 heteroatoms. The van der Waals surface area contributed by atoms with E-state index in [9.17, 15) is 5.11 Å². The van der Waals surface area contributed by atoms with Gasteiger partial charge in [-0.3, -0.25) is 0 Å². The average molecular weight is 208 g/mol. The van der Waals surface area contributed by atoms with Crippen LogP contribution in [0.3, 0.4) is 0 Å². The molecule has 1 saturated heterocycles. The maximum absolute atomic E-state index is 9.79. The molecule has 1 N–H and O–H groups in total. The van der Waals surface area contributed by atoms with Crippen molar-refractivity contribution in [1.29, 1.82) is 5.26 Å². The van der Waals surface area contributed by atoms with Crippen molar-refractivity contribution in [1.82, 2.24) is 4.90 Å². The number of nitrogens with zero attached hydrogens (tertiary/aromatic N) is 2. The SMILES string of the molecule is CC1CCN(CC2(CC#N)CC2)CC1O. The van der Waals surface area contributed by atoms with Gasteiger partial charge in [-0.2, -0.15) is 5.26 Å². The molecule has 0 bridgehead atoms. The van der Waals surface area contributed by atoms with Crippen LogP contribution in [0.1, 0.15) is 32.6 Å². The van der Waals surface area contributed by atoms with Gasteiger partial charge >= 0.3 is 0 Å². The number of aliphatic hydroxyl groups is 1. The molecule has 2 unspecified atom stereocenters.